The van der Waals surface area contributed by atoms with Crippen molar-refractivity contribution in [2.45, 2.75) is 33.2 Å². The van der Waals surface area contributed by atoms with Crippen LogP contribution in [0.2, 0.25) is 0 Å². The summed E-state index contributed by atoms with van der Waals surface area (Å²) < 4.78 is 14.7. The number of hydrogen-bond donors (Lipinski definition) is 0. The van der Waals surface area contributed by atoms with E-state index in [1.165, 1.54) is 11.0 Å². The van der Waals surface area contributed by atoms with Gasteiger partial charge in [0.1, 0.15) is 5.82 Å². The zero-order valence-corrected chi connectivity index (χ0v) is 17.4. The molecule has 4 rings (SSSR count). The van der Waals surface area contributed by atoms with Crippen LogP contribution in [0.3, 0.4) is 0 Å². The third-order valence-corrected chi connectivity index (χ3v) is 6.27. The standard InChI is InChI=1S/C23H23FN2O2S/c1-15-6-5-7-17(10-15)14-26-22(27)21(29-23(26)28)13-18-12-19(24)20(11-16(18)2)25-8-3-4-9-25/h5-7,10-13H,3-4,8-9,14H2,1-2H3/b21-13-. The van der Waals surface area contributed by atoms with Gasteiger partial charge < -0.3 is 4.90 Å². The number of amides is 2. The molecular weight excluding hydrogens is 387 g/mol. The van der Waals surface area contributed by atoms with Crippen molar-refractivity contribution in [3.8, 4) is 0 Å². The Morgan fingerprint density at radius 3 is 2.59 bits per heavy atom. The Kier molecular flexibility index (Phi) is 5.46. The first-order valence-corrected chi connectivity index (χ1v) is 10.6. The highest BCUT2D eigenvalue weighted by molar-refractivity contribution is 8.18. The Labute approximate surface area is 174 Å². The zero-order valence-electron chi connectivity index (χ0n) is 16.6. The molecule has 2 aromatic carbocycles. The molecule has 29 heavy (non-hydrogen) atoms. The monoisotopic (exact) mass is 410 g/mol. The summed E-state index contributed by atoms with van der Waals surface area (Å²) in [6.45, 7) is 5.86. The third-order valence-electron chi connectivity index (χ3n) is 5.37. The van der Waals surface area contributed by atoms with Crippen molar-refractivity contribution in [2.75, 3.05) is 18.0 Å². The van der Waals surface area contributed by atoms with E-state index in [1.54, 1.807) is 6.08 Å². The largest absolute Gasteiger partial charge is 0.369 e. The third kappa shape index (κ3) is 4.08. The van der Waals surface area contributed by atoms with Gasteiger partial charge in [-0.2, -0.15) is 0 Å². The van der Waals surface area contributed by atoms with Crippen molar-refractivity contribution >= 4 is 34.7 Å². The van der Waals surface area contributed by atoms with Crippen molar-refractivity contribution in [1.82, 2.24) is 4.90 Å². The molecule has 2 heterocycles. The molecule has 2 amide bonds. The highest BCUT2D eigenvalue weighted by Crippen LogP contribution is 2.35. The number of rotatable bonds is 4. The van der Waals surface area contributed by atoms with Crippen LogP contribution >= 0.6 is 11.8 Å². The maximum Gasteiger partial charge on any atom is 0.293 e. The van der Waals surface area contributed by atoms with Gasteiger partial charge in [-0.3, -0.25) is 14.5 Å². The van der Waals surface area contributed by atoms with Crippen LogP contribution in [0.25, 0.3) is 6.08 Å². The molecule has 0 aliphatic carbocycles. The van der Waals surface area contributed by atoms with E-state index in [1.807, 2.05) is 44.2 Å². The van der Waals surface area contributed by atoms with Gasteiger partial charge in [0.2, 0.25) is 0 Å². The molecule has 0 unspecified atom stereocenters. The number of halogens is 1. The van der Waals surface area contributed by atoms with E-state index >= 15 is 0 Å². The highest BCUT2D eigenvalue weighted by atomic mass is 32.2. The average molecular weight is 411 g/mol. The summed E-state index contributed by atoms with van der Waals surface area (Å²) in [5, 5.41) is -0.297. The molecule has 2 aliphatic rings. The Morgan fingerprint density at radius 1 is 1.10 bits per heavy atom. The number of thioether (sulfide) groups is 1. The van der Waals surface area contributed by atoms with Gasteiger partial charge in [-0.05, 0) is 73.4 Å². The molecule has 0 radical (unpaired) electrons. The fraction of sp³-hybridized carbons (Fsp3) is 0.304. The van der Waals surface area contributed by atoms with Crippen LogP contribution in [0, 0.1) is 19.7 Å². The van der Waals surface area contributed by atoms with Crippen LogP contribution in [0.1, 0.15) is 35.1 Å². The molecule has 0 bridgehead atoms. The first-order chi connectivity index (χ1) is 13.9. The van der Waals surface area contributed by atoms with E-state index < -0.39 is 0 Å². The molecule has 2 fully saturated rings. The van der Waals surface area contributed by atoms with E-state index in [0.717, 1.165) is 54.4 Å². The van der Waals surface area contributed by atoms with E-state index in [0.29, 0.717) is 16.2 Å². The number of benzene rings is 2. The molecule has 150 valence electrons. The maximum absolute atomic E-state index is 14.7. The molecule has 0 spiro atoms. The molecule has 0 saturated carbocycles. The van der Waals surface area contributed by atoms with Crippen molar-refractivity contribution in [3.63, 3.8) is 0 Å². The molecule has 2 aromatic rings. The number of imide groups is 1. The van der Waals surface area contributed by atoms with Gasteiger partial charge in [-0.15, -0.1) is 0 Å². The second kappa shape index (κ2) is 8.03. The molecule has 2 saturated heterocycles. The lowest BCUT2D eigenvalue weighted by molar-refractivity contribution is -0.123. The fourth-order valence-electron chi connectivity index (χ4n) is 3.81. The lowest BCUT2D eigenvalue weighted by Gasteiger charge is -2.19. The summed E-state index contributed by atoms with van der Waals surface area (Å²) in [7, 11) is 0. The Hall–Kier alpha value is -2.60. The number of hydrogen-bond acceptors (Lipinski definition) is 4. The Morgan fingerprint density at radius 2 is 1.86 bits per heavy atom. The smallest absolute Gasteiger partial charge is 0.293 e. The topological polar surface area (TPSA) is 40.6 Å². The minimum atomic E-state index is -0.329. The number of anilines is 1. The summed E-state index contributed by atoms with van der Waals surface area (Å²) in [6.07, 6.45) is 3.79. The SMILES string of the molecule is Cc1cccc(CN2C(=O)S/C(=C\c3cc(F)c(N4CCCC4)cc3C)C2=O)c1. The molecule has 0 aromatic heterocycles. The lowest BCUT2D eigenvalue weighted by Crippen LogP contribution is -2.27. The Balaban J connectivity index is 1.57. The summed E-state index contributed by atoms with van der Waals surface area (Å²) >= 11 is 0.910. The second-order valence-electron chi connectivity index (χ2n) is 7.61. The van der Waals surface area contributed by atoms with E-state index in [9.17, 15) is 14.0 Å². The van der Waals surface area contributed by atoms with Crippen molar-refractivity contribution in [1.29, 1.82) is 0 Å². The number of aryl methyl sites for hydroxylation is 2. The van der Waals surface area contributed by atoms with Gasteiger partial charge in [0.15, 0.2) is 0 Å². The van der Waals surface area contributed by atoms with Gasteiger partial charge >= 0.3 is 0 Å². The van der Waals surface area contributed by atoms with Gasteiger partial charge in [0.25, 0.3) is 11.1 Å². The minimum Gasteiger partial charge on any atom is -0.369 e. The molecule has 0 N–H and O–H groups in total. The summed E-state index contributed by atoms with van der Waals surface area (Å²) in [6, 6.07) is 11.1. The fourth-order valence-corrected chi connectivity index (χ4v) is 4.64. The first kappa shape index (κ1) is 19.7. The van der Waals surface area contributed by atoms with E-state index in [2.05, 4.69) is 4.90 Å². The van der Waals surface area contributed by atoms with Gasteiger partial charge in [0, 0.05) is 13.1 Å². The number of carbonyl (C=O) groups excluding carboxylic acids is 2. The van der Waals surface area contributed by atoms with E-state index in [4.69, 9.17) is 0 Å². The summed E-state index contributed by atoms with van der Waals surface area (Å²) in [4.78, 5) is 28.8. The second-order valence-corrected chi connectivity index (χ2v) is 8.60. The van der Waals surface area contributed by atoms with Gasteiger partial charge in [0.05, 0.1) is 17.1 Å². The van der Waals surface area contributed by atoms with Crippen molar-refractivity contribution < 1.29 is 14.0 Å². The van der Waals surface area contributed by atoms with Crippen LogP contribution in [-0.2, 0) is 11.3 Å². The lowest BCUT2D eigenvalue weighted by atomic mass is 10.1. The average Bonchev–Trinajstić information content (AvgIpc) is 3.29. The van der Waals surface area contributed by atoms with Crippen molar-refractivity contribution in [3.05, 3.63) is 69.4 Å². The summed E-state index contributed by atoms with van der Waals surface area (Å²) in [5.41, 5.74) is 4.12. The van der Waals surface area contributed by atoms with Crippen LogP contribution in [0.15, 0.2) is 41.3 Å². The number of carbonyl (C=O) groups is 2. The Bertz CT molecular complexity index is 1010. The first-order valence-electron chi connectivity index (χ1n) is 9.78. The zero-order chi connectivity index (χ0) is 20.5. The molecule has 0 atom stereocenters. The van der Waals surface area contributed by atoms with Crippen molar-refractivity contribution in [2.24, 2.45) is 0 Å². The van der Waals surface area contributed by atoms with Crippen LogP contribution in [0.5, 0.6) is 0 Å². The van der Waals surface area contributed by atoms with Crippen LogP contribution < -0.4 is 4.90 Å². The normalized spacial score (nSPS) is 18.4. The predicted molar refractivity (Wildman–Crippen MR) is 115 cm³/mol. The molecule has 6 heteroatoms. The highest BCUT2D eigenvalue weighted by Gasteiger charge is 2.35. The van der Waals surface area contributed by atoms with Gasteiger partial charge in [-0.25, -0.2) is 4.39 Å². The molecule has 2 aliphatic heterocycles. The van der Waals surface area contributed by atoms with Crippen LogP contribution in [-0.4, -0.2) is 29.1 Å². The quantitative estimate of drug-likeness (QED) is 0.643. The van der Waals surface area contributed by atoms with Crippen LogP contribution in [0.4, 0.5) is 14.9 Å². The minimum absolute atomic E-state index is 0.241. The summed E-state index contributed by atoms with van der Waals surface area (Å²) in [5.74, 6) is -0.618. The molecular formula is C23H23FN2O2S. The predicted octanol–water partition coefficient (Wildman–Crippen LogP) is 5.28. The maximum atomic E-state index is 14.7. The molecule has 4 nitrogen and oxygen atoms in total. The van der Waals surface area contributed by atoms with E-state index in [-0.39, 0.29) is 23.5 Å². The number of nitrogens with zero attached hydrogens (tertiary/aromatic N) is 2. The van der Waals surface area contributed by atoms with Gasteiger partial charge in [-0.1, -0.05) is 29.8 Å².